The fourth-order valence-corrected chi connectivity index (χ4v) is 7.41. The molecule has 0 aromatic carbocycles. The number of hydrogen-bond acceptors (Lipinski definition) is 22. The lowest BCUT2D eigenvalue weighted by Gasteiger charge is -2.46. The van der Waals surface area contributed by atoms with Crippen molar-refractivity contribution in [3.8, 4) is 0 Å². The maximum absolute atomic E-state index is 10.8. The minimum atomic E-state index is -1.77. The van der Waals surface area contributed by atoms with Crippen molar-refractivity contribution in [2.24, 2.45) is 0 Å². The third-order valence-electron chi connectivity index (χ3n) is 11.1. The summed E-state index contributed by atoms with van der Waals surface area (Å²) in [7, 11) is 0. The highest BCUT2D eigenvalue weighted by atomic mass is 16.8. The first-order chi connectivity index (χ1) is 27.7. The Labute approximate surface area is 336 Å². The van der Waals surface area contributed by atoms with Crippen molar-refractivity contribution in [3.63, 3.8) is 0 Å². The fourth-order valence-electron chi connectivity index (χ4n) is 7.41. The molecule has 0 saturated carbocycles. The van der Waals surface area contributed by atoms with Crippen molar-refractivity contribution in [2.45, 2.75) is 194 Å². The van der Waals surface area contributed by atoms with Crippen molar-refractivity contribution in [2.75, 3.05) is 33.0 Å². The van der Waals surface area contributed by atoms with E-state index in [4.69, 9.17) is 37.9 Å². The molecule has 4 fully saturated rings. The molecule has 22 heteroatoms. The molecule has 21 atom stereocenters. The molecular formula is C36H66O22. The summed E-state index contributed by atoms with van der Waals surface area (Å²) in [4.78, 5) is 0. The standard InChI is InChI=1S/C36H66O22/c1-16(52-36-32(28(48)24(44)20(15-40)56-36)58-34-30(50)26(46)22(42)18(13-38)54-34)10-8-6-4-2-3-5-7-9-11-51-35-31(27(47)23(43)19(14-39)55-35)57-33-29(49)25(45)21(41)17(12-37)53-33/h16-50H,2-15H2,1H3. The molecule has 0 radical (unpaired) electrons. The first-order valence-electron chi connectivity index (χ1n) is 20.1. The molecule has 0 spiro atoms. The molecule has 0 bridgehead atoms. The van der Waals surface area contributed by atoms with Crippen molar-refractivity contribution in [1.82, 2.24) is 0 Å². The van der Waals surface area contributed by atoms with Crippen molar-refractivity contribution < 1.29 is 109 Å². The van der Waals surface area contributed by atoms with Gasteiger partial charge in [-0.25, -0.2) is 0 Å². The maximum atomic E-state index is 10.8. The van der Waals surface area contributed by atoms with E-state index in [9.17, 15) is 71.5 Å². The van der Waals surface area contributed by atoms with Gasteiger partial charge in [-0.2, -0.15) is 0 Å². The van der Waals surface area contributed by atoms with E-state index in [-0.39, 0.29) is 6.61 Å². The van der Waals surface area contributed by atoms with Crippen LogP contribution in [0.4, 0.5) is 0 Å². The lowest BCUT2D eigenvalue weighted by molar-refractivity contribution is -0.371. The molecule has 14 N–H and O–H groups in total. The van der Waals surface area contributed by atoms with Gasteiger partial charge >= 0.3 is 0 Å². The number of ether oxygens (including phenoxy) is 8. The SMILES string of the molecule is CC(CCCCCCCCCCOC1OC(CO)C(O)C(O)C1OC1OC(CO)C(O)C(O)C1O)OC1OC(CO)C(O)C(O)C1OC1OC(CO)C(O)C(O)C1O. The molecule has 21 unspecified atom stereocenters. The van der Waals surface area contributed by atoms with Crippen LogP contribution in [-0.2, 0) is 37.9 Å². The minimum Gasteiger partial charge on any atom is -0.394 e. The van der Waals surface area contributed by atoms with Gasteiger partial charge in [-0.15, -0.1) is 0 Å². The summed E-state index contributed by atoms with van der Waals surface area (Å²) in [5.74, 6) is 0. The number of hydrogen-bond donors (Lipinski definition) is 14. The largest absolute Gasteiger partial charge is 0.394 e. The second kappa shape index (κ2) is 24.1. The van der Waals surface area contributed by atoms with Crippen LogP contribution in [0, 0.1) is 0 Å². The van der Waals surface area contributed by atoms with E-state index in [0.717, 1.165) is 44.9 Å². The molecule has 4 saturated heterocycles. The van der Waals surface area contributed by atoms with Crippen LogP contribution in [0.3, 0.4) is 0 Å². The normalized spacial score (nSPS) is 44.3. The Balaban J connectivity index is 1.14. The molecule has 0 aliphatic carbocycles. The zero-order valence-corrected chi connectivity index (χ0v) is 32.6. The van der Waals surface area contributed by atoms with Gasteiger partial charge in [0.05, 0.1) is 32.5 Å². The van der Waals surface area contributed by atoms with E-state index in [1.807, 2.05) is 0 Å². The van der Waals surface area contributed by atoms with Gasteiger partial charge in [-0.1, -0.05) is 44.9 Å². The maximum Gasteiger partial charge on any atom is 0.187 e. The van der Waals surface area contributed by atoms with Gasteiger partial charge in [0.1, 0.15) is 97.7 Å². The molecular weight excluding hydrogens is 784 g/mol. The first-order valence-corrected chi connectivity index (χ1v) is 20.1. The fraction of sp³-hybridized carbons (Fsp3) is 1.00. The Morgan fingerprint density at radius 3 is 1.17 bits per heavy atom. The predicted octanol–water partition coefficient (Wildman–Crippen LogP) is -5.83. The molecule has 4 aliphatic heterocycles. The summed E-state index contributed by atoms with van der Waals surface area (Å²) in [5, 5.41) is 142. The lowest BCUT2D eigenvalue weighted by atomic mass is 9.97. The van der Waals surface area contributed by atoms with Crippen LogP contribution in [0.25, 0.3) is 0 Å². The van der Waals surface area contributed by atoms with Gasteiger partial charge in [0.2, 0.25) is 0 Å². The minimum absolute atomic E-state index is 0.159. The molecule has 342 valence electrons. The van der Waals surface area contributed by atoms with Gasteiger partial charge in [0.25, 0.3) is 0 Å². The van der Waals surface area contributed by atoms with Crippen LogP contribution in [0.2, 0.25) is 0 Å². The summed E-state index contributed by atoms with van der Waals surface area (Å²) in [5.41, 5.74) is 0. The van der Waals surface area contributed by atoms with Crippen LogP contribution in [0.15, 0.2) is 0 Å². The van der Waals surface area contributed by atoms with Crippen LogP contribution >= 0.6 is 0 Å². The lowest BCUT2D eigenvalue weighted by Crippen LogP contribution is -2.64. The highest BCUT2D eigenvalue weighted by Crippen LogP contribution is 2.32. The van der Waals surface area contributed by atoms with E-state index in [0.29, 0.717) is 12.8 Å². The summed E-state index contributed by atoms with van der Waals surface area (Å²) >= 11 is 0. The highest BCUT2D eigenvalue weighted by molar-refractivity contribution is 4.95. The third kappa shape index (κ3) is 12.6. The van der Waals surface area contributed by atoms with E-state index >= 15 is 0 Å². The van der Waals surface area contributed by atoms with Crippen LogP contribution in [-0.4, -0.2) is 233 Å². The van der Waals surface area contributed by atoms with Gasteiger partial charge in [-0.05, 0) is 19.8 Å². The van der Waals surface area contributed by atoms with Crippen molar-refractivity contribution >= 4 is 0 Å². The summed E-state index contributed by atoms with van der Waals surface area (Å²) in [6.07, 6.45) is -23.5. The number of unbranched alkanes of at least 4 members (excludes halogenated alkanes) is 7. The summed E-state index contributed by atoms with van der Waals surface area (Å²) in [6, 6.07) is 0. The summed E-state index contributed by atoms with van der Waals surface area (Å²) < 4.78 is 45.3. The average molecular weight is 851 g/mol. The van der Waals surface area contributed by atoms with Gasteiger partial charge in [0, 0.05) is 6.61 Å². The molecule has 58 heavy (non-hydrogen) atoms. The van der Waals surface area contributed by atoms with E-state index < -0.39 is 155 Å². The van der Waals surface area contributed by atoms with E-state index in [2.05, 4.69) is 0 Å². The second-order valence-electron chi connectivity index (χ2n) is 15.4. The monoisotopic (exact) mass is 850 g/mol. The third-order valence-corrected chi connectivity index (χ3v) is 11.1. The smallest absolute Gasteiger partial charge is 0.187 e. The Hall–Kier alpha value is -0.880. The Morgan fingerprint density at radius 2 is 0.741 bits per heavy atom. The Kier molecular flexibility index (Phi) is 20.7. The van der Waals surface area contributed by atoms with Gasteiger partial charge < -0.3 is 109 Å². The molecule has 0 amide bonds. The van der Waals surface area contributed by atoms with Crippen molar-refractivity contribution in [3.05, 3.63) is 0 Å². The topological polar surface area (TPSA) is 357 Å². The zero-order valence-electron chi connectivity index (χ0n) is 32.6. The number of aliphatic hydroxyl groups is 14. The van der Waals surface area contributed by atoms with E-state index in [1.54, 1.807) is 6.92 Å². The number of aliphatic hydroxyl groups excluding tert-OH is 14. The summed E-state index contributed by atoms with van der Waals surface area (Å²) in [6.45, 7) is -0.723. The zero-order chi connectivity index (χ0) is 42.7. The van der Waals surface area contributed by atoms with Crippen LogP contribution in [0.1, 0.15) is 64.7 Å². The van der Waals surface area contributed by atoms with Crippen LogP contribution < -0.4 is 0 Å². The van der Waals surface area contributed by atoms with E-state index in [1.165, 1.54) is 0 Å². The van der Waals surface area contributed by atoms with Crippen LogP contribution in [0.5, 0.6) is 0 Å². The molecule has 4 rings (SSSR count). The second-order valence-corrected chi connectivity index (χ2v) is 15.4. The molecule has 22 nitrogen and oxygen atoms in total. The van der Waals surface area contributed by atoms with Crippen molar-refractivity contribution in [1.29, 1.82) is 0 Å². The predicted molar refractivity (Wildman–Crippen MR) is 191 cm³/mol. The molecule has 4 heterocycles. The molecule has 0 aromatic rings. The molecule has 4 aliphatic rings. The molecule has 0 aromatic heterocycles. The Bertz CT molecular complexity index is 1140. The van der Waals surface area contributed by atoms with Gasteiger partial charge in [-0.3, -0.25) is 0 Å². The Morgan fingerprint density at radius 1 is 0.397 bits per heavy atom. The average Bonchev–Trinajstić information content (AvgIpc) is 3.21. The quantitative estimate of drug-likeness (QED) is 0.0451. The number of rotatable bonds is 22. The highest BCUT2D eigenvalue weighted by Gasteiger charge is 2.52. The van der Waals surface area contributed by atoms with Gasteiger partial charge in [0.15, 0.2) is 25.2 Å². The first kappa shape index (κ1) is 49.8.